The Morgan fingerprint density at radius 1 is 1.29 bits per heavy atom. The minimum atomic E-state index is -0.660. The Hall–Kier alpha value is -1.95. The van der Waals surface area contributed by atoms with Gasteiger partial charge in [-0.3, -0.25) is 4.79 Å². The maximum atomic E-state index is 11.0. The number of nitrogens with zero attached hydrogens (tertiary/aromatic N) is 2. The number of hydrogen-bond acceptors (Lipinski definition) is 5. The van der Waals surface area contributed by atoms with Gasteiger partial charge in [0.05, 0.1) is 5.92 Å². The molecule has 0 radical (unpaired) electrons. The third kappa shape index (κ3) is 3.39. The highest BCUT2D eigenvalue weighted by Crippen LogP contribution is 2.28. The number of aromatic nitrogens is 2. The van der Waals surface area contributed by atoms with Gasteiger partial charge in [0.25, 0.3) is 0 Å². The van der Waals surface area contributed by atoms with Gasteiger partial charge in [-0.1, -0.05) is 23.5 Å². The minimum absolute atomic E-state index is 0.171. The summed E-state index contributed by atoms with van der Waals surface area (Å²) in [5, 5.41) is 21.4. The fourth-order valence-electron chi connectivity index (χ4n) is 2.76. The van der Waals surface area contributed by atoms with E-state index in [-0.39, 0.29) is 5.92 Å². The molecule has 1 aliphatic rings. The molecule has 1 aliphatic carbocycles. The van der Waals surface area contributed by atoms with Crippen LogP contribution in [-0.2, 0) is 4.79 Å². The van der Waals surface area contributed by atoms with Gasteiger partial charge in [-0.25, -0.2) is 0 Å². The summed E-state index contributed by atoms with van der Waals surface area (Å²) in [6, 6.07) is 8.48. The summed E-state index contributed by atoms with van der Waals surface area (Å²) >= 11 is 1.52. The van der Waals surface area contributed by atoms with Gasteiger partial charge in [-0.2, -0.15) is 0 Å². The number of nitrogens with one attached hydrogen (secondary N) is 1. The van der Waals surface area contributed by atoms with E-state index in [0.717, 1.165) is 41.9 Å². The van der Waals surface area contributed by atoms with Gasteiger partial charge >= 0.3 is 5.97 Å². The molecule has 0 saturated heterocycles. The maximum absolute atomic E-state index is 11.0. The van der Waals surface area contributed by atoms with Crippen molar-refractivity contribution in [2.75, 3.05) is 5.32 Å². The summed E-state index contributed by atoms with van der Waals surface area (Å²) < 4.78 is 0. The first-order valence-corrected chi connectivity index (χ1v) is 7.96. The van der Waals surface area contributed by atoms with Crippen molar-refractivity contribution in [3.05, 3.63) is 29.8 Å². The molecule has 1 aromatic heterocycles. The first-order valence-electron chi connectivity index (χ1n) is 7.08. The lowest BCUT2D eigenvalue weighted by Gasteiger charge is -2.27. The third-order valence-electron chi connectivity index (χ3n) is 3.92. The highest BCUT2D eigenvalue weighted by Gasteiger charge is 2.25. The number of anilines is 1. The van der Waals surface area contributed by atoms with E-state index in [1.54, 1.807) is 5.51 Å². The van der Waals surface area contributed by atoms with Gasteiger partial charge in [-0.05, 0) is 37.8 Å². The molecule has 0 aliphatic heterocycles. The summed E-state index contributed by atoms with van der Waals surface area (Å²) in [6.07, 6.45) is 3.31. The molecule has 0 atom stereocenters. The zero-order chi connectivity index (χ0) is 14.7. The van der Waals surface area contributed by atoms with Crippen molar-refractivity contribution < 1.29 is 9.90 Å². The summed E-state index contributed by atoms with van der Waals surface area (Å²) in [5.74, 6) is -0.831. The van der Waals surface area contributed by atoms with E-state index in [4.69, 9.17) is 5.11 Å². The summed E-state index contributed by atoms with van der Waals surface area (Å²) in [7, 11) is 0. The Labute approximate surface area is 127 Å². The van der Waals surface area contributed by atoms with Crippen LogP contribution in [0.4, 0.5) is 5.69 Å². The van der Waals surface area contributed by atoms with E-state index in [1.807, 2.05) is 18.2 Å². The third-order valence-corrected chi connectivity index (χ3v) is 4.66. The van der Waals surface area contributed by atoms with Crippen LogP contribution in [-0.4, -0.2) is 27.3 Å². The molecule has 21 heavy (non-hydrogen) atoms. The molecule has 1 heterocycles. The number of carboxylic acid groups (broad SMARTS) is 1. The van der Waals surface area contributed by atoms with Crippen LogP contribution in [0.1, 0.15) is 25.7 Å². The molecule has 2 N–H and O–H groups in total. The van der Waals surface area contributed by atoms with Crippen molar-refractivity contribution in [2.24, 2.45) is 5.92 Å². The van der Waals surface area contributed by atoms with Crippen molar-refractivity contribution in [1.82, 2.24) is 10.2 Å². The molecule has 0 bridgehead atoms. The van der Waals surface area contributed by atoms with E-state index >= 15 is 0 Å². The lowest BCUT2D eigenvalue weighted by molar-refractivity contribution is -0.142. The molecule has 0 spiro atoms. The van der Waals surface area contributed by atoms with E-state index in [1.165, 1.54) is 11.3 Å². The topological polar surface area (TPSA) is 75.1 Å². The van der Waals surface area contributed by atoms with E-state index < -0.39 is 5.97 Å². The van der Waals surface area contributed by atoms with Crippen LogP contribution < -0.4 is 5.32 Å². The van der Waals surface area contributed by atoms with Gasteiger partial charge in [0.2, 0.25) is 0 Å². The highest BCUT2D eigenvalue weighted by molar-refractivity contribution is 7.12. The standard InChI is InChI=1S/C15H17N3O2S/c19-15(20)10-4-6-12(7-5-10)17-13-3-1-2-11(8-13)14-18-16-9-21-14/h1-3,8-10,12,17H,4-7H2,(H,19,20). The number of rotatable bonds is 4. The minimum Gasteiger partial charge on any atom is -0.481 e. The molecular formula is C15H17N3O2S. The number of hydrogen-bond donors (Lipinski definition) is 2. The molecule has 0 amide bonds. The van der Waals surface area contributed by atoms with Gasteiger partial charge in [0.15, 0.2) is 0 Å². The number of benzene rings is 1. The zero-order valence-electron chi connectivity index (χ0n) is 11.5. The Kier molecular flexibility index (Phi) is 4.15. The first-order chi connectivity index (χ1) is 10.2. The Balaban J connectivity index is 1.64. The second-order valence-corrected chi connectivity index (χ2v) is 6.19. The van der Waals surface area contributed by atoms with Crippen molar-refractivity contribution in [3.63, 3.8) is 0 Å². The molecular weight excluding hydrogens is 286 g/mol. The van der Waals surface area contributed by atoms with Gasteiger partial charge in [0, 0.05) is 17.3 Å². The van der Waals surface area contributed by atoms with E-state index in [2.05, 4.69) is 21.6 Å². The van der Waals surface area contributed by atoms with Gasteiger partial charge in [0.1, 0.15) is 10.5 Å². The number of carbonyl (C=O) groups is 1. The summed E-state index contributed by atoms with van der Waals surface area (Å²) in [5.41, 5.74) is 3.84. The normalized spacial score (nSPS) is 21.9. The summed E-state index contributed by atoms with van der Waals surface area (Å²) in [6.45, 7) is 0. The summed E-state index contributed by atoms with van der Waals surface area (Å²) in [4.78, 5) is 11.0. The van der Waals surface area contributed by atoms with Gasteiger partial charge < -0.3 is 10.4 Å². The molecule has 2 aromatic rings. The van der Waals surface area contributed by atoms with Crippen molar-refractivity contribution in [3.8, 4) is 10.6 Å². The Bertz CT molecular complexity index is 607. The molecule has 0 unspecified atom stereocenters. The molecule has 110 valence electrons. The lowest BCUT2D eigenvalue weighted by atomic mass is 9.86. The molecule has 5 nitrogen and oxygen atoms in total. The van der Waals surface area contributed by atoms with Crippen LogP contribution in [0.3, 0.4) is 0 Å². The maximum Gasteiger partial charge on any atom is 0.306 e. The molecule has 3 rings (SSSR count). The second kappa shape index (κ2) is 6.22. The average molecular weight is 303 g/mol. The first kappa shape index (κ1) is 14.0. The monoisotopic (exact) mass is 303 g/mol. The second-order valence-electron chi connectivity index (χ2n) is 5.36. The van der Waals surface area contributed by atoms with Crippen LogP contribution in [0.25, 0.3) is 10.6 Å². The van der Waals surface area contributed by atoms with Crippen molar-refractivity contribution in [2.45, 2.75) is 31.7 Å². The van der Waals surface area contributed by atoms with Crippen LogP contribution in [0.5, 0.6) is 0 Å². The fourth-order valence-corrected chi connectivity index (χ4v) is 3.31. The van der Waals surface area contributed by atoms with Crippen LogP contribution >= 0.6 is 11.3 Å². The lowest BCUT2D eigenvalue weighted by Crippen LogP contribution is -2.29. The predicted molar refractivity (Wildman–Crippen MR) is 82.3 cm³/mol. The SMILES string of the molecule is O=C(O)C1CCC(Nc2cccc(-c3nncs3)c2)CC1. The number of carboxylic acids is 1. The Morgan fingerprint density at radius 3 is 2.76 bits per heavy atom. The smallest absolute Gasteiger partial charge is 0.306 e. The molecule has 1 saturated carbocycles. The Morgan fingerprint density at radius 2 is 2.10 bits per heavy atom. The average Bonchev–Trinajstić information content (AvgIpc) is 3.02. The molecule has 6 heteroatoms. The predicted octanol–water partition coefficient (Wildman–Crippen LogP) is 3.26. The van der Waals surface area contributed by atoms with E-state index in [0.29, 0.717) is 6.04 Å². The van der Waals surface area contributed by atoms with Crippen LogP contribution in [0.15, 0.2) is 29.8 Å². The van der Waals surface area contributed by atoms with E-state index in [9.17, 15) is 4.79 Å². The largest absolute Gasteiger partial charge is 0.481 e. The highest BCUT2D eigenvalue weighted by atomic mass is 32.1. The number of aliphatic carboxylic acids is 1. The molecule has 1 aromatic carbocycles. The quantitative estimate of drug-likeness (QED) is 0.906. The zero-order valence-corrected chi connectivity index (χ0v) is 12.3. The van der Waals surface area contributed by atoms with Crippen LogP contribution in [0.2, 0.25) is 0 Å². The fraction of sp³-hybridized carbons (Fsp3) is 0.400. The van der Waals surface area contributed by atoms with Crippen LogP contribution in [0, 0.1) is 5.92 Å². The molecule has 1 fully saturated rings. The van der Waals surface area contributed by atoms with Crippen molar-refractivity contribution in [1.29, 1.82) is 0 Å². The van der Waals surface area contributed by atoms with Crippen molar-refractivity contribution >= 4 is 23.0 Å². The van der Waals surface area contributed by atoms with Gasteiger partial charge in [-0.15, -0.1) is 10.2 Å².